The Hall–Kier alpha value is -3.29. The number of aromatic nitrogens is 6. The van der Waals surface area contributed by atoms with Crippen molar-refractivity contribution in [3.05, 3.63) is 51.3 Å². The fourth-order valence-corrected chi connectivity index (χ4v) is 2.62. The lowest BCUT2D eigenvalue weighted by atomic mass is 10.1. The fourth-order valence-electron chi connectivity index (χ4n) is 2.62. The highest BCUT2D eigenvalue weighted by Crippen LogP contribution is 2.25. The summed E-state index contributed by atoms with van der Waals surface area (Å²) in [5.41, 5.74) is 1.04. The second kappa shape index (κ2) is 4.60. The maximum absolute atomic E-state index is 12.3. The van der Waals surface area contributed by atoms with E-state index in [1.807, 2.05) is 24.3 Å². The van der Waals surface area contributed by atoms with E-state index in [9.17, 15) is 9.59 Å². The quantitative estimate of drug-likeness (QED) is 0.554. The van der Waals surface area contributed by atoms with E-state index in [-0.39, 0.29) is 11.2 Å². The first-order valence-electron chi connectivity index (χ1n) is 6.95. The second-order valence-electron chi connectivity index (χ2n) is 5.26. The highest BCUT2D eigenvalue weighted by Gasteiger charge is 2.15. The van der Waals surface area contributed by atoms with Gasteiger partial charge in [-0.05, 0) is 6.07 Å². The molecule has 4 aromatic rings. The number of aryl methyl sites for hydroxylation is 1. The van der Waals surface area contributed by atoms with E-state index in [2.05, 4.69) is 20.2 Å². The molecule has 0 atom stereocenters. The van der Waals surface area contributed by atoms with Crippen LogP contribution in [0.2, 0.25) is 0 Å². The maximum atomic E-state index is 12.3. The van der Waals surface area contributed by atoms with Crippen LogP contribution in [0.1, 0.15) is 0 Å². The summed E-state index contributed by atoms with van der Waals surface area (Å²) >= 11 is 0. The predicted octanol–water partition coefficient (Wildman–Crippen LogP) is 0.570. The van der Waals surface area contributed by atoms with Crippen LogP contribution < -0.4 is 11.2 Å². The average Bonchev–Trinajstić information content (AvgIpc) is 3.01. The first-order chi connectivity index (χ1) is 11.1. The molecule has 0 saturated heterocycles. The van der Waals surface area contributed by atoms with Gasteiger partial charge >= 0.3 is 5.69 Å². The Balaban J connectivity index is 2.07. The smallest absolute Gasteiger partial charge is 0.332 e. The zero-order chi connectivity index (χ0) is 16.1. The summed E-state index contributed by atoms with van der Waals surface area (Å²) in [6, 6.07) is 7.72. The van der Waals surface area contributed by atoms with Crippen LogP contribution in [0.15, 0.2) is 40.1 Å². The van der Waals surface area contributed by atoms with Gasteiger partial charge in [0.25, 0.3) is 5.56 Å². The van der Waals surface area contributed by atoms with Gasteiger partial charge in [0.05, 0.1) is 0 Å². The molecule has 0 aliphatic heterocycles. The van der Waals surface area contributed by atoms with Gasteiger partial charge in [0, 0.05) is 36.8 Å². The SMILES string of the molecule is Cn1c(=O)c2nc(-c3c[nH]c4ccccc34)nnc2n(C)c1=O. The van der Waals surface area contributed by atoms with Crippen LogP contribution in [0, 0.1) is 0 Å². The van der Waals surface area contributed by atoms with Gasteiger partial charge in [-0.15, -0.1) is 10.2 Å². The summed E-state index contributed by atoms with van der Waals surface area (Å²) in [5, 5.41) is 9.05. The van der Waals surface area contributed by atoms with Gasteiger partial charge in [-0.3, -0.25) is 13.9 Å². The molecular weight excluding hydrogens is 296 g/mol. The summed E-state index contributed by atoms with van der Waals surface area (Å²) in [6.45, 7) is 0. The van der Waals surface area contributed by atoms with Crippen molar-refractivity contribution in [3.8, 4) is 11.4 Å². The number of nitrogens with zero attached hydrogens (tertiary/aromatic N) is 5. The Bertz CT molecular complexity index is 1180. The minimum Gasteiger partial charge on any atom is -0.360 e. The first-order valence-corrected chi connectivity index (χ1v) is 6.95. The van der Waals surface area contributed by atoms with Gasteiger partial charge in [-0.1, -0.05) is 18.2 Å². The molecule has 0 aliphatic carbocycles. The Morgan fingerprint density at radius 1 is 1.04 bits per heavy atom. The van der Waals surface area contributed by atoms with Crippen LogP contribution >= 0.6 is 0 Å². The molecular formula is C15H12N6O2. The number of rotatable bonds is 1. The summed E-state index contributed by atoms with van der Waals surface area (Å²) < 4.78 is 2.27. The molecule has 3 aromatic heterocycles. The van der Waals surface area contributed by atoms with Crippen LogP contribution in [0.4, 0.5) is 0 Å². The molecule has 0 spiro atoms. The Labute approximate surface area is 129 Å². The minimum absolute atomic E-state index is 0.116. The molecule has 8 heteroatoms. The van der Waals surface area contributed by atoms with E-state index in [1.165, 1.54) is 18.7 Å². The average molecular weight is 308 g/mol. The van der Waals surface area contributed by atoms with Crippen molar-refractivity contribution in [2.45, 2.75) is 0 Å². The van der Waals surface area contributed by atoms with Crippen molar-refractivity contribution in [2.75, 3.05) is 0 Å². The van der Waals surface area contributed by atoms with E-state index < -0.39 is 11.2 Å². The van der Waals surface area contributed by atoms with Crippen LogP contribution in [0.3, 0.4) is 0 Å². The van der Waals surface area contributed by atoms with Gasteiger partial charge in [-0.2, -0.15) is 0 Å². The number of aromatic amines is 1. The molecule has 8 nitrogen and oxygen atoms in total. The molecule has 0 saturated carbocycles. The van der Waals surface area contributed by atoms with Gasteiger partial charge < -0.3 is 4.98 Å². The van der Waals surface area contributed by atoms with Gasteiger partial charge in [-0.25, -0.2) is 9.78 Å². The van der Waals surface area contributed by atoms with Gasteiger partial charge in [0.2, 0.25) is 0 Å². The molecule has 0 unspecified atom stereocenters. The van der Waals surface area contributed by atoms with Crippen molar-refractivity contribution in [2.24, 2.45) is 14.1 Å². The highest BCUT2D eigenvalue weighted by molar-refractivity contribution is 5.94. The number of benzene rings is 1. The third-order valence-corrected chi connectivity index (χ3v) is 3.90. The van der Waals surface area contributed by atoms with E-state index in [1.54, 1.807) is 6.20 Å². The Morgan fingerprint density at radius 2 is 1.83 bits per heavy atom. The normalized spacial score (nSPS) is 11.4. The predicted molar refractivity (Wildman–Crippen MR) is 85.1 cm³/mol. The number of para-hydroxylation sites is 1. The van der Waals surface area contributed by atoms with Crippen LogP contribution in [-0.4, -0.2) is 29.3 Å². The van der Waals surface area contributed by atoms with E-state index in [0.29, 0.717) is 5.82 Å². The van der Waals surface area contributed by atoms with E-state index in [0.717, 1.165) is 21.0 Å². The topological polar surface area (TPSA) is 98.5 Å². The van der Waals surface area contributed by atoms with Crippen LogP contribution in [0.25, 0.3) is 33.5 Å². The summed E-state index contributed by atoms with van der Waals surface area (Å²) in [7, 11) is 2.95. The third-order valence-electron chi connectivity index (χ3n) is 3.90. The lowest BCUT2D eigenvalue weighted by molar-refractivity contribution is 0.698. The molecule has 1 N–H and O–H groups in total. The molecule has 1 aromatic carbocycles. The summed E-state index contributed by atoms with van der Waals surface area (Å²) in [4.78, 5) is 31.7. The number of nitrogens with one attached hydrogen (secondary N) is 1. The first kappa shape index (κ1) is 13.4. The molecule has 0 aliphatic rings. The standard InChI is InChI=1S/C15H12N6O2/c1-20-13-11(14(22)21(2)15(20)23)17-12(18-19-13)9-7-16-10-6-4-3-5-8(9)10/h3-7,16H,1-2H3. The lowest BCUT2D eigenvalue weighted by Crippen LogP contribution is -2.38. The molecule has 0 fully saturated rings. The number of hydrogen-bond acceptors (Lipinski definition) is 5. The summed E-state index contributed by atoms with van der Waals surface area (Å²) in [5.74, 6) is 0.339. The van der Waals surface area contributed by atoms with Crippen LogP contribution in [-0.2, 0) is 14.1 Å². The molecule has 0 amide bonds. The molecule has 0 radical (unpaired) electrons. The van der Waals surface area contributed by atoms with Crippen molar-refractivity contribution in [3.63, 3.8) is 0 Å². The molecule has 23 heavy (non-hydrogen) atoms. The highest BCUT2D eigenvalue weighted by atomic mass is 16.2. The van der Waals surface area contributed by atoms with Crippen molar-refractivity contribution >= 4 is 22.1 Å². The maximum Gasteiger partial charge on any atom is 0.332 e. The molecule has 114 valence electrons. The zero-order valence-electron chi connectivity index (χ0n) is 12.4. The summed E-state index contributed by atoms with van der Waals surface area (Å²) in [6.07, 6.45) is 1.78. The van der Waals surface area contributed by atoms with E-state index >= 15 is 0 Å². The Kier molecular flexibility index (Phi) is 2.68. The number of H-pyrrole nitrogens is 1. The molecule has 0 bridgehead atoms. The third kappa shape index (κ3) is 1.81. The van der Waals surface area contributed by atoms with Crippen molar-refractivity contribution < 1.29 is 0 Å². The number of fused-ring (bicyclic) bond motifs is 2. The van der Waals surface area contributed by atoms with Crippen molar-refractivity contribution in [1.82, 2.24) is 29.3 Å². The largest absolute Gasteiger partial charge is 0.360 e. The zero-order valence-corrected chi connectivity index (χ0v) is 12.4. The van der Waals surface area contributed by atoms with Crippen molar-refractivity contribution in [1.29, 1.82) is 0 Å². The van der Waals surface area contributed by atoms with Gasteiger partial charge in [0.1, 0.15) is 0 Å². The monoisotopic (exact) mass is 308 g/mol. The van der Waals surface area contributed by atoms with Crippen LogP contribution in [0.5, 0.6) is 0 Å². The minimum atomic E-state index is -0.487. The van der Waals surface area contributed by atoms with Gasteiger partial charge in [0.15, 0.2) is 17.0 Å². The number of hydrogen-bond donors (Lipinski definition) is 1. The second-order valence-corrected chi connectivity index (χ2v) is 5.26. The van der Waals surface area contributed by atoms with E-state index in [4.69, 9.17) is 0 Å². The Morgan fingerprint density at radius 3 is 2.65 bits per heavy atom. The molecule has 4 rings (SSSR count). The lowest BCUT2D eigenvalue weighted by Gasteiger charge is -2.06. The molecule has 3 heterocycles. The fraction of sp³-hybridized carbons (Fsp3) is 0.133.